The Morgan fingerprint density at radius 1 is 1.44 bits per heavy atom. The molecule has 0 aliphatic rings. The molecule has 0 saturated carbocycles. The fourth-order valence-corrected chi connectivity index (χ4v) is 3.13. The SMILES string of the molecule is CC(CN)CS(=O)(=O)CCCC(C)(C)C#N. The lowest BCUT2D eigenvalue weighted by atomic mass is 9.90. The lowest BCUT2D eigenvalue weighted by Crippen LogP contribution is -2.23. The highest BCUT2D eigenvalue weighted by Gasteiger charge is 2.19. The number of nitrogens with zero attached hydrogens (tertiary/aromatic N) is 1. The third-order valence-electron chi connectivity index (χ3n) is 2.50. The Balaban J connectivity index is 4.08. The highest BCUT2D eigenvalue weighted by atomic mass is 32.2. The highest BCUT2D eigenvalue weighted by molar-refractivity contribution is 7.91. The molecule has 0 aliphatic heterocycles. The van der Waals surface area contributed by atoms with Gasteiger partial charge in [0.1, 0.15) is 0 Å². The van der Waals surface area contributed by atoms with Gasteiger partial charge < -0.3 is 5.73 Å². The van der Waals surface area contributed by atoms with Crippen LogP contribution in [0.2, 0.25) is 0 Å². The second-order valence-electron chi connectivity index (χ2n) is 5.05. The van der Waals surface area contributed by atoms with E-state index in [-0.39, 0.29) is 17.4 Å². The minimum atomic E-state index is -3.01. The van der Waals surface area contributed by atoms with Crippen LogP contribution in [0.15, 0.2) is 0 Å². The van der Waals surface area contributed by atoms with Crippen molar-refractivity contribution in [1.82, 2.24) is 0 Å². The first-order valence-electron chi connectivity index (χ1n) is 5.54. The summed E-state index contributed by atoms with van der Waals surface area (Å²) >= 11 is 0. The van der Waals surface area contributed by atoms with Crippen molar-refractivity contribution in [1.29, 1.82) is 5.26 Å². The van der Waals surface area contributed by atoms with Gasteiger partial charge in [-0.3, -0.25) is 0 Å². The third kappa shape index (κ3) is 6.81. The Kier molecular flexibility index (Phi) is 5.98. The summed E-state index contributed by atoms with van der Waals surface area (Å²) in [6.07, 6.45) is 1.15. The summed E-state index contributed by atoms with van der Waals surface area (Å²) in [5.74, 6) is 0.313. The molecule has 0 aliphatic carbocycles. The minimum absolute atomic E-state index is 0.00831. The Hall–Kier alpha value is -0.600. The first-order valence-corrected chi connectivity index (χ1v) is 7.36. The van der Waals surface area contributed by atoms with E-state index in [0.717, 1.165) is 0 Å². The molecule has 1 unspecified atom stereocenters. The van der Waals surface area contributed by atoms with Gasteiger partial charge in [0.15, 0.2) is 9.84 Å². The molecule has 16 heavy (non-hydrogen) atoms. The molecule has 0 bridgehead atoms. The van der Waals surface area contributed by atoms with Gasteiger partial charge >= 0.3 is 0 Å². The van der Waals surface area contributed by atoms with Crippen molar-refractivity contribution in [2.24, 2.45) is 17.1 Å². The zero-order chi connectivity index (χ0) is 12.8. The Labute approximate surface area is 98.7 Å². The van der Waals surface area contributed by atoms with Crippen molar-refractivity contribution in [3.8, 4) is 6.07 Å². The maximum atomic E-state index is 11.6. The van der Waals surface area contributed by atoms with E-state index < -0.39 is 15.3 Å². The van der Waals surface area contributed by atoms with E-state index in [1.165, 1.54) is 0 Å². The number of hydrogen-bond donors (Lipinski definition) is 1. The normalized spacial score (nSPS) is 14.4. The molecule has 4 nitrogen and oxygen atoms in total. The molecular weight excluding hydrogens is 224 g/mol. The van der Waals surface area contributed by atoms with Crippen LogP contribution in [0.4, 0.5) is 0 Å². The van der Waals surface area contributed by atoms with Gasteiger partial charge in [-0.05, 0) is 39.2 Å². The monoisotopic (exact) mass is 246 g/mol. The molecule has 0 amide bonds. The van der Waals surface area contributed by atoms with Crippen molar-refractivity contribution in [2.45, 2.75) is 33.6 Å². The molecule has 0 aromatic rings. The maximum absolute atomic E-state index is 11.6. The van der Waals surface area contributed by atoms with Crippen LogP contribution in [-0.4, -0.2) is 26.5 Å². The quantitative estimate of drug-likeness (QED) is 0.734. The molecule has 0 saturated heterocycles. The predicted molar refractivity (Wildman–Crippen MR) is 65.5 cm³/mol. The summed E-state index contributed by atoms with van der Waals surface area (Å²) in [5.41, 5.74) is 4.96. The lowest BCUT2D eigenvalue weighted by Gasteiger charge is -2.15. The molecule has 0 heterocycles. The Morgan fingerprint density at radius 2 is 2.00 bits per heavy atom. The van der Waals surface area contributed by atoms with E-state index >= 15 is 0 Å². The second-order valence-corrected chi connectivity index (χ2v) is 7.28. The van der Waals surface area contributed by atoms with Gasteiger partial charge in [-0.15, -0.1) is 0 Å². The van der Waals surface area contributed by atoms with Gasteiger partial charge in [0.05, 0.1) is 23.0 Å². The molecule has 0 rings (SSSR count). The Bertz CT molecular complexity index is 341. The zero-order valence-corrected chi connectivity index (χ0v) is 11.2. The molecule has 94 valence electrons. The van der Waals surface area contributed by atoms with E-state index in [0.29, 0.717) is 19.4 Å². The van der Waals surface area contributed by atoms with Crippen LogP contribution >= 0.6 is 0 Å². The van der Waals surface area contributed by atoms with Crippen molar-refractivity contribution in [3.63, 3.8) is 0 Å². The molecule has 0 fully saturated rings. The van der Waals surface area contributed by atoms with Gasteiger partial charge in [-0.25, -0.2) is 8.42 Å². The summed E-state index contributed by atoms with van der Waals surface area (Å²) in [6.45, 7) is 5.87. The van der Waals surface area contributed by atoms with Crippen LogP contribution in [0.5, 0.6) is 0 Å². The Morgan fingerprint density at radius 3 is 2.44 bits per heavy atom. The van der Waals surface area contributed by atoms with Gasteiger partial charge in [-0.2, -0.15) is 5.26 Å². The molecule has 0 radical (unpaired) electrons. The fourth-order valence-electron chi connectivity index (χ4n) is 1.37. The molecule has 5 heteroatoms. The summed E-state index contributed by atoms with van der Waals surface area (Å²) in [5, 5.41) is 8.79. The van der Waals surface area contributed by atoms with E-state index in [9.17, 15) is 8.42 Å². The van der Waals surface area contributed by atoms with Crippen LogP contribution in [0.1, 0.15) is 33.6 Å². The number of rotatable bonds is 7. The van der Waals surface area contributed by atoms with Gasteiger partial charge in [0, 0.05) is 0 Å². The number of nitrogens with two attached hydrogens (primary N) is 1. The maximum Gasteiger partial charge on any atom is 0.150 e. The summed E-state index contributed by atoms with van der Waals surface area (Å²) < 4.78 is 23.3. The van der Waals surface area contributed by atoms with Crippen LogP contribution in [0, 0.1) is 22.7 Å². The van der Waals surface area contributed by atoms with Crippen molar-refractivity contribution in [2.75, 3.05) is 18.1 Å². The van der Waals surface area contributed by atoms with Crippen molar-refractivity contribution >= 4 is 9.84 Å². The average molecular weight is 246 g/mol. The predicted octanol–water partition coefficient (Wildman–Crippen LogP) is 1.33. The standard InChI is InChI=1S/C11H22N2O2S/c1-10(7-12)8-16(14,15)6-4-5-11(2,3)9-13/h10H,4-8,12H2,1-3H3. The first kappa shape index (κ1) is 15.4. The molecule has 0 aromatic heterocycles. The number of nitriles is 1. The van der Waals surface area contributed by atoms with E-state index in [2.05, 4.69) is 6.07 Å². The molecule has 0 spiro atoms. The van der Waals surface area contributed by atoms with Crippen molar-refractivity contribution < 1.29 is 8.42 Å². The zero-order valence-electron chi connectivity index (χ0n) is 10.4. The van der Waals surface area contributed by atoms with Gasteiger partial charge in [-0.1, -0.05) is 6.92 Å². The molecule has 1 atom stereocenters. The van der Waals surface area contributed by atoms with E-state index in [1.807, 2.05) is 20.8 Å². The average Bonchev–Trinajstić information content (AvgIpc) is 2.16. The summed E-state index contributed by atoms with van der Waals surface area (Å²) in [7, 11) is -3.01. The van der Waals surface area contributed by atoms with Crippen molar-refractivity contribution in [3.05, 3.63) is 0 Å². The summed E-state index contributed by atoms with van der Waals surface area (Å²) in [4.78, 5) is 0. The molecule has 2 N–H and O–H groups in total. The van der Waals surface area contributed by atoms with Crippen LogP contribution in [0.25, 0.3) is 0 Å². The van der Waals surface area contributed by atoms with E-state index in [4.69, 9.17) is 11.0 Å². The van der Waals surface area contributed by atoms with Gasteiger partial charge in [0.25, 0.3) is 0 Å². The number of sulfone groups is 1. The fraction of sp³-hybridized carbons (Fsp3) is 0.909. The highest BCUT2D eigenvalue weighted by Crippen LogP contribution is 2.21. The van der Waals surface area contributed by atoms with Crippen LogP contribution in [0.3, 0.4) is 0 Å². The number of hydrogen-bond acceptors (Lipinski definition) is 4. The third-order valence-corrected chi connectivity index (χ3v) is 4.49. The van der Waals surface area contributed by atoms with Crippen LogP contribution in [-0.2, 0) is 9.84 Å². The van der Waals surface area contributed by atoms with Crippen LogP contribution < -0.4 is 5.73 Å². The molecular formula is C11H22N2O2S. The van der Waals surface area contributed by atoms with E-state index in [1.54, 1.807) is 0 Å². The summed E-state index contributed by atoms with van der Waals surface area (Å²) in [6, 6.07) is 2.16. The molecule has 0 aromatic carbocycles. The van der Waals surface area contributed by atoms with Gasteiger partial charge in [0.2, 0.25) is 0 Å². The smallest absolute Gasteiger partial charge is 0.150 e. The topological polar surface area (TPSA) is 84.0 Å². The lowest BCUT2D eigenvalue weighted by molar-refractivity contribution is 0.444. The minimum Gasteiger partial charge on any atom is -0.330 e. The largest absolute Gasteiger partial charge is 0.330 e. The second kappa shape index (κ2) is 6.21. The first-order chi connectivity index (χ1) is 7.22.